The van der Waals surface area contributed by atoms with E-state index in [0.29, 0.717) is 18.8 Å². The summed E-state index contributed by atoms with van der Waals surface area (Å²) in [5.41, 5.74) is 5.86. The normalized spacial score (nSPS) is 12.7. The zero-order chi connectivity index (χ0) is 19.9. The zero-order valence-electron chi connectivity index (χ0n) is 14.7. The van der Waals surface area contributed by atoms with E-state index in [1.807, 2.05) is 6.92 Å². The van der Waals surface area contributed by atoms with Gasteiger partial charge in [-0.25, -0.2) is 17.8 Å². The summed E-state index contributed by atoms with van der Waals surface area (Å²) >= 11 is 6.96. The van der Waals surface area contributed by atoms with Crippen LogP contribution in [0.3, 0.4) is 0 Å². The molecule has 0 saturated heterocycles. The number of sulfonamides is 1. The SMILES string of the molecule is C[C@H](CN)NCCCCNc1cc(F)c(S(=O)(=O)Nc2ncns2)cc1Cl. The van der Waals surface area contributed by atoms with E-state index in [1.165, 1.54) is 6.33 Å². The molecule has 0 amide bonds. The Morgan fingerprint density at radius 1 is 1.33 bits per heavy atom. The quantitative estimate of drug-likeness (QED) is 0.398. The molecule has 150 valence electrons. The smallest absolute Gasteiger partial charge is 0.266 e. The van der Waals surface area contributed by atoms with E-state index >= 15 is 0 Å². The van der Waals surface area contributed by atoms with Gasteiger partial charge in [-0.05, 0) is 38.4 Å². The number of nitrogens with zero attached hydrogens (tertiary/aromatic N) is 2. The van der Waals surface area contributed by atoms with Crippen LogP contribution in [-0.4, -0.2) is 43.5 Å². The molecule has 0 aliphatic carbocycles. The molecule has 1 aromatic carbocycles. The second kappa shape index (κ2) is 10.1. The Morgan fingerprint density at radius 3 is 2.74 bits per heavy atom. The molecule has 1 aromatic heterocycles. The summed E-state index contributed by atoms with van der Waals surface area (Å²) in [7, 11) is -4.14. The first kappa shape index (κ1) is 21.8. The zero-order valence-corrected chi connectivity index (χ0v) is 17.1. The maximum atomic E-state index is 14.3. The number of halogens is 2. The Kier molecular flexibility index (Phi) is 8.17. The summed E-state index contributed by atoms with van der Waals surface area (Å²) in [6.07, 6.45) is 2.95. The van der Waals surface area contributed by atoms with Crippen LogP contribution < -0.4 is 21.1 Å². The number of nitrogens with two attached hydrogens (primary N) is 1. The Hall–Kier alpha value is -1.53. The molecule has 1 heterocycles. The van der Waals surface area contributed by atoms with Crippen LogP contribution in [0.15, 0.2) is 23.4 Å². The third-order valence-corrected chi connectivity index (χ3v) is 6.04. The number of anilines is 2. The maximum absolute atomic E-state index is 14.3. The van der Waals surface area contributed by atoms with Crippen LogP contribution in [0.1, 0.15) is 19.8 Å². The molecule has 0 aliphatic rings. The molecule has 0 spiro atoms. The fourth-order valence-electron chi connectivity index (χ4n) is 2.16. The van der Waals surface area contributed by atoms with Gasteiger partial charge in [-0.2, -0.15) is 4.37 Å². The molecule has 0 aliphatic heterocycles. The Balaban J connectivity index is 1.94. The predicted molar refractivity (Wildman–Crippen MR) is 106 cm³/mol. The van der Waals surface area contributed by atoms with E-state index in [2.05, 4.69) is 24.7 Å². The first-order valence-corrected chi connectivity index (χ1v) is 10.9. The molecule has 0 saturated carbocycles. The highest BCUT2D eigenvalue weighted by molar-refractivity contribution is 7.93. The Bertz CT molecular complexity index is 835. The van der Waals surface area contributed by atoms with Crippen LogP contribution >= 0.6 is 23.1 Å². The highest BCUT2D eigenvalue weighted by atomic mass is 35.5. The predicted octanol–water partition coefficient (Wildman–Crippen LogP) is 2.26. The van der Waals surface area contributed by atoms with Crippen LogP contribution in [0, 0.1) is 5.82 Å². The van der Waals surface area contributed by atoms with Crippen molar-refractivity contribution in [3.8, 4) is 0 Å². The van der Waals surface area contributed by atoms with Gasteiger partial charge in [0.05, 0.1) is 10.7 Å². The van der Waals surface area contributed by atoms with E-state index in [0.717, 1.165) is 43.1 Å². The van der Waals surface area contributed by atoms with Gasteiger partial charge in [-0.1, -0.05) is 11.6 Å². The van der Waals surface area contributed by atoms with Crippen molar-refractivity contribution in [2.24, 2.45) is 5.73 Å². The second-order valence-electron chi connectivity index (χ2n) is 5.84. The minimum absolute atomic E-state index is 0.0466. The molecule has 27 heavy (non-hydrogen) atoms. The summed E-state index contributed by atoms with van der Waals surface area (Å²) in [5.74, 6) is -0.905. The minimum Gasteiger partial charge on any atom is -0.384 e. The maximum Gasteiger partial charge on any atom is 0.266 e. The van der Waals surface area contributed by atoms with Crippen LogP contribution in [0.2, 0.25) is 5.02 Å². The first-order chi connectivity index (χ1) is 12.8. The van der Waals surface area contributed by atoms with Gasteiger partial charge in [0.15, 0.2) is 0 Å². The number of hydrogen-bond acceptors (Lipinski definition) is 8. The minimum atomic E-state index is -4.14. The molecular weight excluding hydrogens is 415 g/mol. The van der Waals surface area contributed by atoms with E-state index in [4.69, 9.17) is 17.3 Å². The molecule has 2 rings (SSSR count). The summed E-state index contributed by atoms with van der Waals surface area (Å²) in [6.45, 7) is 4.00. The molecule has 0 unspecified atom stereocenters. The van der Waals surface area contributed by atoms with Gasteiger partial charge in [0.2, 0.25) is 5.13 Å². The monoisotopic (exact) mass is 436 g/mol. The number of nitrogens with one attached hydrogen (secondary N) is 3. The summed E-state index contributed by atoms with van der Waals surface area (Å²) in [5, 5.41) is 6.45. The lowest BCUT2D eigenvalue weighted by Gasteiger charge is -2.13. The molecule has 0 radical (unpaired) electrons. The molecule has 0 fully saturated rings. The van der Waals surface area contributed by atoms with Crippen molar-refractivity contribution in [1.29, 1.82) is 0 Å². The Labute approximate surface area is 166 Å². The molecule has 12 heteroatoms. The number of rotatable bonds is 11. The lowest BCUT2D eigenvalue weighted by molar-refractivity contribution is 0.537. The number of benzene rings is 1. The third kappa shape index (κ3) is 6.54. The topological polar surface area (TPSA) is 122 Å². The van der Waals surface area contributed by atoms with Crippen molar-refractivity contribution >= 4 is 44.0 Å². The fraction of sp³-hybridized carbons (Fsp3) is 0.467. The first-order valence-electron chi connectivity index (χ1n) is 8.29. The van der Waals surface area contributed by atoms with Gasteiger partial charge >= 0.3 is 0 Å². The fourth-order valence-corrected chi connectivity index (χ4v) is 4.21. The van der Waals surface area contributed by atoms with E-state index in [9.17, 15) is 12.8 Å². The highest BCUT2D eigenvalue weighted by Crippen LogP contribution is 2.29. The van der Waals surface area contributed by atoms with E-state index < -0.39 is 20.7 Å². The number of unbranched alkanes of at least 4 members (excludes halogenated alkanes) is 1. The van der Waals surface area contributed by atoms with Crippen molar-refractivity contribution in [2.75, 3.05) is 29.7 Å². The molecular formula is C15H22ClFN6O2S2. The average molecular weight is 437 g/mol. The van der Waals surface area contributed by atoms with Crippen molar-refractivity contribution in [3.05, 3.63) is 29.3 Å². The van der Waals surface area contributed by atoms with Crippen molar-refractivity contribution in [3.63, 3.8) is 0 Å². The summed E-state index contributed by atoms with van der Waals surface area (Å²) in [6, 6.07) is 2.42. The van der Waals surface area contributed by atoms with Crippen LogP contribution in [0.4, 0.5) is 15.2 Å². The Morgan fingerprint density at radius 2 is 2.07 bits per heavy atom. The van der Waals surface area contributed by atoms with Gasteiger partial charge in [0.1, 0.15) is 17.0 Å². The lowest BCUT2D eigenvalue weighted by Crippen LogP contribution is -2.33. The van der Waals surface area contributed by atoms with Gasteiger partial charge in [-0.15, -0.1) is 0 Å². The van der Waals surface area contributed by atoms with Crippen LogP contribution in [-0.2, 0) is 10.0 Å². The molecule has 1 atom stereocenters. The van der Waals surface area contributed by atoms with Gasteiger partial charge in [0, 0.05) is 30.7 Å². The van der Waals surface area contributed by atoms with Crippen LogP contribution in [0.25, 0.3) is 0 Å². The standard InChI is InChI=1S/C15H22ClFN6O2S2/c1-10(8-18)19-4-2-3-5-20-13-7-12(17)14(6-11(13)16)27(24,25)23-15-21-9-22-26-15/h6-7,9-10,19-20H,2-5,8,18H2,1H3,(H,21,22,23)/t10-/m1/s1. The second-order valence-corrected chi connectivity index (χ2v) is 8.68. The average Bonchev–Trinajstić information content (AvgIpc) is 3.12. The van der Waals surface area contributed by atoms with Gasteiger partial charge < -0.3 is 16.4 Å². The van der Waals surface area contributed by atoms with E-state index in [-0.39, 0.29) is 16.2 Å². The van der Waals surface area contributed by atoms with E-state index in [1.54, 1.807) is 0 Å². The lowest BCUT2D eigenvalue weighted by atomic mass is 10.2. The molecule has 2 aromatic rings. The number of aromatic nitrogens is 2. The highest BCUT2D eigenvalue weighted by Gasteiger charge is 2.22. The summed E-state index contributed by atoms with van der Waals surface area (Å²) in [4.78, 5) is 3.17. The van der Waals surface area contributed by atoms with Gasteiger partial charge in [-0.3, -0.25) is 4.72 Å². The molecule has 8 nitrogen and oxygen atoms in total. The van der Waals surface area contributed by atoms with Crippen molar-refractivity contribution < 1.29 is 12.8 Å². The largest absolute Gasteiger partial charge is 0.384 e. The van der Waals surface area contributed by atoms with Crippen molar-refractivity contribution in [1.82, 2.24) is 14.7 Å². The summed E-state index contributed by atoms with van der Waals surface area (Å²) < 4.78 is 44.8. The van der Waals surface area contributed by atoms with Gasteiger partial charge in [0.25, 0.3) is 10.0 Å². The molecule has 0 bridgehead atoms. The van der Waals surface area contributed by atoms with Crippen molar-refractivity contribution in [2.45, 2.75) is 30.7 Å². The number of hydrogen-bond donors (Lipinski definition) is 4. The van der Waals surface area contributed by atoms with Crippen LogP contribution in [0.5, 0.6) is 0 Å². The molecule has 5 N–H and O–H groups in total. The third-order valence-electron chi connectivity index (χ3n) is 3.66.